The lowest BCUT2D eigenvalue weighted by molar-refractivity contribution is -0.137. The number of carbonyl (C=O) groups is 2. The molecular formula is C33H38N4O4. The Hall–Kier alpha value is -4.46. The topological polar surface area (TPSA) is 134 Å². The summed E-state index contributed by atoms with van der Waals surface area (Å²) in [6.45, 7) is 16.2. The Morgan fingerprint density at radius 2 is 1.61 bits per heavy atom. The van der Waals surface area contributed by atoms with Gasteiger partial charge in [-0.3, -0.25) is 4.79 Å². The number of aromatic amines is 3. The molecule has 1 saturated heterocycles. The number of carboxylic acids is 2. The molecule has 5 heterocycles. The molecule has 2 aliphatic heterocycles. The summed E-state index contributed by atoms with van der Waals surface area (Å²) in [6.07, 6.45) is 9.32. The molecular weight excluding hydrogens is 516 g/mol. The van der Waals surface area contributed by atoms with Crippen molar-refractivity contribution < 1.29 is 19.8 Å². The summed E-state index contributed by atoms with van der Waals surface area (Å²) in [7, 11) is 0. The molecule has 0 unspecified atom stereocenters. The summed E-state index contributed by atoms with van der Waals surface area (Å²) < 4.78 is 0. The number of carboxylic acid groups (broad SMARTS) is 2. The van der Waals surface area contributed by atoms with E-state index >= 15 is 0 Å². The van der Waals surface area contributed by atoms with Gasteiger partial charge in [-0.2, -0.15) is 0 Å². The van der Waals surface area contributed by atoms with E-state index in [0.717, 1.165) is 73.4 Å². The van der Waals surface area contributed by atoms with E-state index < -0.39 is 11.9 Å². The maximum Gasteiger partial charge on any atom is 0.338 e. The first-order valence-corrected chi connectivity index (χ1v) is 14.1. The molecule has 8 nitrogen and oxygen atoms in total. The second kappa shape index (κ2) is 10.5. The van der Waals surface area contributed by atoms with Crippen LogP contribution < -0.4 is 16.0 Å². The van der Waals surface area contributed by atoms with E-state index in [1.54, 1.807) is 0 Å². The Morgan fingerprint density at radius 1 is 0.927 bits per heavy atom. The molecule has 41 heavy (non-hydrogen) atoms. The van der Waals surface area contributed by atoms with Crippen molar-refractivity contribution in [2.45, 2.75) is 60.8 Å². The third-order valence-electron chi connectivity index (χ3n) is 8.95. The number of nitrogens with one attached hydrogen (secondary N) is 4. The highest BCUT2D eigenvalue weighted by molar-refractivity contribution is 5.96. The largest absolute Gasteiger partial charge is 0.481 e. The normalized spacial score (nSPS) is 18.0. The van der Waals surface area contributed by atoms with Gasteiger partial charge in [0.25, 0.3) is 0 Å². The summed E-state index contributed by atoms with van der Waals surface area (Å²) in [4.78, 5) is 34.7. The van der Waals surface area contributed by atoms with Crippen LogP contribution in [0.15, 0.2) is 18.0 Å². The highest BCUT2D eigenvalue weighted by Gasteiger charge is 2.35. The summed E-state index contributed by atoms with van der Waals surface area (Å²) in [5, 5.41) is 25.3. The summed E-state index contributed by atoms with van der Waals surface area (Å²) in [5.74, 6) is -1.99. The van der Waals surface area contributed by atoms with Crippen LogP contribution in [0.5, 0.6) is 0 Å². The van der Waals surface area contributed by atoms with Crippen molar-refractivity contribution in [3.05, 3.63) is 84.8 Å². The Balaban J connectivity index is 1.89. The van der Waals surface area contributed by atoms with Crippen molar-refractivity contribution in [1.82, 2.24) is 20.3 Å². The van der Waals surface area contributed by atoms with E-state index in [9.17, 15) is 19.8 Å². The molecule has 2 aliphatic rings. The van der Waals surface area contributed by atoms with Gasteiger partial charge in [0.2, 0.25) is 0 Å². The zero-order valence-electron chi connectivity index (χ0n) is 24.5. The van der Waals surface area contributed by atoms with Crippen molar-refractivity contribution in [2.24, 2.45) is 11.8 Å². The quantitative estimate of drug-likeness (QED) is 0.256. The highest BCUT2D eigenvalue weighted by Crippen LogP contribution is 2.41. The van der Waals surface area contributed by atoms with Crippen LogP contribution in [0.2, 0.25) is 0 Å². The summed E-state index contributed by atoms with van der Waals surface area (Å²) in [5.41, 5.74) is 11.0. The smallest absolute Gasteiger partial charge is 0.338 e. The lowest BCUT2D eigenvalue weighted by Gasteiger charge is -2.17. The van der Waals surface area contributed by atoms with Crippen molar-refractivity contribution >= 4 is 41.8 Å². The van der Waals surface area contributed by atoms with E-state index in [1.165, 1.54) is 0 Å². The van der Waals surface area contributed by atoms with Crippen LogP contribution in [-0.4, -0.2) is 37.1 Å². The third-order valence-corrected chi connectivity index (χ3v) is 8.95. The van der Waals surface area contributed by atoms with Gasteiger partial charge < -0.3 is 30.5 Å². The number of aromatic carboxylic acids is 1. The predicted molar refractivity (Wildman–Crippen MR) is 163 cm³/mol. The number of aromatic nitrogens is 3. The molecule has 0 radical (unpaired) electrons. The molecule has 0 amide bonds. The Morgan fingerprint density at radius 3 is 2.24 bits per heavy atom. The zero-order chi connectivity index (χ0) is 29.7. The van der Waals surface area contributed by atoms with Gasteiger partial charge in [-0.1, -0.05) is 26.5 Å². The molecule has 5 rings (SSSR count). The molecule has 0 aliphatic carbocycles. The van der Waals surface area contributed by atoms with Crippen molar-refractivity contribution in [3.63, 3.8) is 0 Å². The second-order valence-corrected chi connectivity index (χ2v) is 11.2. The van der Waals surface area contributed by atoms with Crippen LogP contribution in [0.25, 0.3) is 29.9 Å². The van der Waals surface area contributed by atoms with E-state index in [4.69, 9.17) is 0 Å². The maximum atomic E-state index is 12.6. The monoisotopic (exact) mass is 554 g/mol. The SMILES string of the molecule is C=Cc1c2[nH]c(c1C)C=C1NC(=C(C)c3[nH]c(c(C)c3C(=O)O)C=c3[nH]c(c(C)c3CC)=C2)[C@@H](CCC(=O)O)[C@@H]1C. The van der Waals surface area contributed by atoms with Crippen LogP contribution in [0, 0.1) is 32.6 Å². The minimum atomic E-state index is -1.01. The van der Waals surface area contributed by atoms with Crippen LogP contribution in [-0.2, 0) is 11.2 Å². The van der Waals surface area contributed by atoms with Gasteiger partial charge >= 0.3 is 11.9 Å². The number of rotatable bonds is 6. The summed E-state index contributed by atoms with van der Waals surface area (Å²) >= 11 is 0. The predicted octanol–water partition coefficient (Wildman–Crippen LogP) is 4.96. The van der Waals surface area contributed by atoms with Crippen molar-refractivity contribution in [2.75, 3.05) is 0 Å². The van der Waals surface area contributed by atoms with Crippen LogP contribution >= 0.6 is 0 Å². The van der Waals surface area contributed by atoms with Gasteiger partial charge in [0.05, 0.1) is 11.3 Å². The maximum absolute atomic E-state index is 12.6. The van der Waals surface area contributed by atoms with Crippen LogP contribution in [0.3, 0.4) is 0 Å². The molecule has 3 aromatic rings. The molecule has 3 aromatic heterocycles. The van der Waals surface area contributed by atoms with E-state index in [1.807, 2.05) is 26.0 Å². The first kappa shape index (κ1) is 28.1. The molecule has 0 aromatic carbocycles. The van der Waals surface area contributed by atoms with Gasteiger partial charge in [-0.15, -0.1) is 0 Å². The van der Waals surface area contributed by atoms with E-state index in [0.29, 0.717) is 17.7 Å². The molecule has 6 N–H and O–H groups in total. The molecule has 214 valence electrons. The fourth-order valence-electron chi connectivity index (χ4n) is 6.50. The van der Waals surface area contributed by atoms with E-state index in [2.05, 4.69) is 66.7 Å². The molecule has 8 heteroatoms. The Bertz CT molecular complexity index is 1790. The van der Waals surface area contributed by atoms with Crippen LogP contribution in [0.4, 0.5) is 0 Å². The first-order chi connectivity index (χ1) is 19.5. The van der Waals surface area contributed by atoms with E-state index in [-0.39, 0.29) is 23.8 Å². The van der Waals surface area contributed by atoms with Gasteiger partial charge in [0.15, 0.2) is 0 Å². The van der Waals surface area contributed by atoms with Crippen LogP contribution in [0.1, 0.15) is 94.6 Å². The summed E-state index contributed by atoms with van der Waals surface area (Å²) in [6, 6.07) is 0. The number of hydrogen-bond acceptors (Lipinski definition) is 3. The van der Waals surface area contributed by atoms with Gasteiger partial charge in [0.1, 0.15) is 0 Å². The fraction of sp³-hybridized carbons (Fsp3) is 0.333. The zero-order valence-corrected chi connectivity index (χ0v) is 24.5. The van der Waals surface area contributed by atoms with Gasteiger partial charge in [0, 0.05) is 63.0 Å². The number of allylic oxidation sites excluding steroid dienone is 3. The number of H-pyrrole nitrogens is 3. The number of hydrogen-bond donors (Lipinski definition) is 6. The Labute approximate surface area is 239 Å². The Kier molecular flexibility index (Phi) is 7.19. The average molecular weight is 555 g/mol. The average Bonchev–Trinajstić information content (AvgIpc) is 3.60. The molecule has 0 spiro atoms. The van der Waals surface area contributed by atoms with Gasteiger partial charge in [-0.25, -0.2) is 4.79 Å². The minimum absolute atomic E-state index is 0.00688. The molecule has 0 saturated carbocycles. The van der Waals surface area contributed by atoms with Gasteiger partial charge in [-0.05, 0) is 86.6 Å². The molecule has 1 fully saturated rings. The van der Waals surface area contributed by atoms with Crippen molar-refractivity contribution in [1.29, 1.82) is 0 Å². The lowest BCUT2D eigenvalue weighted by atomic mass is 9.86. The highest BCUT2D eigenvalue weighted by atomic mass is 16.4. The lowest BCUT2D eigenvalue weighted by Crippen LogP contribution is -2.13. The first-order valence-electron chi connectivity index (χ1n) is 14.1. The molecule has 8 bridgehead atoms. The molecule has 2 atom stereocenters. The third kappa shape index (κ3) is 4.67. The van der Waals surface area contributed by atoms with Crippen molar-refractivity contribution in [3.8, 4) is 0 Å². The minimum Gasteiger partial charge on any atom is -0.481 e. The number of fused-ring (bicyclic) bond motifs is 8. The standard InChI is InChI=1S/C33H38N4O4/c1-8-20-15(3)23-12-25-17(5)22(10-11-29(38)39)31(36-25)19(7)32-30(33(40)41)18(6)26(37-32)14-28-21(9-2)16(4)24(35-28)13-27(20)34-23/h8,12-14,17,22,34-37H,1,9-11H2,2-7H3,(H,38,39)(H,40,41)/t17-,22-/m0/s1. The second-order valence-electron chi connectivity index (χ2n) is 11.2. The number of aliphatic carboxylic acids is 1. The fourth-order valence-corrected chi connectivity index (χ4v) is 6.50.